The van der Waals surface area contributed by atoms with Crippen molar-refractivity contribution < 1.29 is 0 Å². The highest BCUT2D eigenvalue weighted by Crippen LogP contribution is 2.19. The van der Waals surface area contributed by atoms with Gasteiger partial charge in [-0.3, -0.25) is 0 Å². The van der Waals surface area contributed by atoms with E-state index in [9.17, 15) is 0 Å². The highest BCUT2D eigenvalue weighted by Gasteiger charge is 2.00. The minimum atomic E-state index is 0.424. The molecule has 2 aromatic rings. The second kappa shape index (κ2) is 4.69. The third-order valence-electron chi connectivity index (χ3n) is 2.04. The molecule has 0 spiro atoms. The molecule has 1 heterocycles. The molecule has 1 aromatic heterocycles. The lowest BCUT2D eigenvalue weighted by atomic mass is 10.2. The Balaban J connectivity index is 2.35. The summed E-state index contributed by atoms with van der Waals surface area (Å²) in [5, 5.41) is 0.479. The normalized spacial score (nSPS) is 9.31. The van der Waals surface area contributed by atoms with Crippen LogP contribution in [0.3, 0.4) is 0 Å². The summed E-state index contributed by atoms with van der Waals surface area (Å²) in [5.41, 5.74) is 7.60. The third-order valence-corrected chi connectivity index (χ3v) is 2.37. The molecule has 2 rings (SSSR count). The maximum Gasteiger partial charge on any atom is 0.137 e. The molecule has 1 aromatic carbocycles. The topological polar surface area (TPSA) is 38.9 Å². The van der Waals surface area contributed by atoms with Gasteiger partial charge in [0.1, 0.15) is 5.69 Å². The second-order valence-corrected chi connectivity index (χ2v) is 3.58. The smallest absolute Gasteiger partial charge is 0.137 e. The maximum atomic E-state index is 5.86. The average Bonchev–Trinajstić information content (AvgIpc) is 2.32. The van der Waals surface area contributed by atoms with Gasteiger partial charge in [0.15, 0.2) is 0 Å². The van der Waals surface area contributed by atoms with Crippen molar-refractivity contribution in [1.29, 1.82) is 0 Å². The van der Waals surface area contributed by atoms with E-state index in [0.717, 1.165) is 5.56 Å². The lowest BCUT2D eigenvalue weighted by Crippen LogP contribution is -1.94. The number of halogens is 1. The fourth-order valence-electron chi connectivity index (χ4n) is 1.20. The number of nitrogens with zero attached hydrogens (tertiary/aromatic N) is 1. The fourth-order valence-corrected chi connectivity index (χ4v) is 1.35. The monoisotopic (exact) mass is 228 g/mol. The van der Waals surface area contributed by atoms with E-state index in [4.69, 9.17) is 17.3 Å². The standard InChI is InChI=1S/C13H9ClN2/c14-11-8-9-16-12(13(11)15)7-6-10-4-2-1-3-5-10/h1-5,8-9H,15H2. The van der Waals surface area contributed by atoms with Crippen LogP contribution in [0.2, 0.25) is 5.02 Å². The molecule has 16 heavy (non-hydrogen) atoms. The molecular formula is C13H9ClN2. The van der Waals surface area contributed by atoms with E-state index >= 15 is 0 Å². The van der Waals surface area contributed by atoms with Crippen molar-refractivity contribution in [2.24, 2.45) is 0 Å². The molecule has 0 fully saturated rings. The number of pyridine rings is 1. The molecule has 2 nitrogen and oxygen atoms in total. The third kappa shape index (κ3) is 2.33. The van der Waals surface area contributed by atoms with E-state index in [-0.39, 0.29) is 0 Å². The molecule has 0 aliphatic carbocycles. The zero-order valence-electron chi connectivity index (χ0n) is 8.44. The highest BCUT2D eigenvalue weighted by atomic mass is 35.5. The van der Waals surface area contributed by atoms with Crippen molar-refractivity contribution in [2.45, 2.75) is 0 Å². The Morgan fingerprint density at radius 1 is 1.06 bits per heavy atom. The van der Waals surface area contributed by atoms with Crippen molar-refractivity contribution in [2.75, 3.05) is 5.73 Å². The van der Waals surface area contributed by atoms with Gasteiger partial charge in [0.25, 0.3) is 0 Å². The van der Waals surface area contributed by atoms with Crippen molar-refractivity contribution in [3.8, 4) is 11.8 Å². The first kappa shape index (κ1) is 10.5. The number of nitrogen functional groups attached to an aromatic ring is 1. The van der Waals surface area contributed by atoms with Crippen LogP contribution < -0.4 is 5.73 Å². The summed E-state index contributed by atoms with van der Waals surface area (Å²) in [6, 6.07) is 11.3. The van der Waals surface area contributed by atoms with Gasteiger partial charge in [-0.1, -0.05) is 35.7 Å². The molecule has 2 N–H and O–H groups in total. The van der Waals surface area contributed by atoms with Crippen LogP contribution in [0.5, 0.6) is 0 Å². The molecule has 0 amide bonds. The number of nitrogens with two attached hydrogens (primary N) is 1. The molecule has 0 bridgehead atoms. The van der Waals surface area contributed by atoms with E-state index < -0.39 is 0 Å². The Bertz CT molecular complexity index is 553. The summed E-state index contributed by atoms with van der Waals surface area (Å²) < 4.78 is 0. The fraction of sp³-hybridized carbons (Fsp3) is 0. The molecule has 0 aliphatic rings. The van der Waals surface area contributed by atoms with E-state index in [1.54, 1.807) is 12.3 Å². The zero-order chi connectivity index (χ0) is 11.4. The van der Waals surface area contributed by atoms with Gasteiger partial charge in [-0.25, -0.2) is 4.98 Å². The Morgan fingerprint density at radius 3 is 2.56 bits per heavy atom. The van der Waals surface area contributed by atoms with E-state index in [1.165, 1.54) is 0 Å². The van der Waals surface area contributed by atoms with Crippen LogP contribution in [0.25, 0.3) is 0 Å². The van der Waals surface area contributed by atoms with Gasteiger partial charge >= 0.3 is 0 Å². The second-order valence-electron chi connectivity index (χ2n) is 3.17. The van der Waals surface area contributed by atoms with E-state index in [0.29, 0.717) is 16.4 Å². The van der Waals surface area contributed by atoms with Crippen molar-refractivity contribution in [3.63, 3.8) is 0 Å². The summed E-state index contributed by atoms with van der Waals surface area (Å²) in [4.78, 5) is 4.07. The first-order chi connectivity index (χ1) is 7.77. The van der Waals surface area contributed by atoms with Crippen LogP contribution in [-0.4, -0.2) is 4.98 Å². The lowest BCUT2D eigenvalue weighted by molar-refractivity contribution is 1.29. The number of rotatable bonds is 0. The number of hydrogen-bond acceptors (Lipinski definition) is 2. The van der Waals surface area contributed by atoms with Crippen LogP contribution in [0.4, 0.5) is 5.69 Å². The quantitative estimate of drug-likeness (QED) is 0.705. The SMILES string of the molecule is Nc1c(Cl)ccnc1C#Cc1ccccc1. The Kier molecular flexibility index (Phi) is 3.09. The molecule has 0 radical (unpaired) electrons. The predicted octanol–water partition coefficient (Wildman–Crippen LogP) is 2.72. The van der Waals surface area contributed by atoms with Crippen LogP contribution in [0, 0.1) is 11.8 Å². The number of anilines is 1. The minimum Gasteiger partial charge on any atom is -0.395 e. The van der Waals surface area contributed by atoms with Gasteiger partial charge in [-0.2, -0.15) is 0 Å². The van der Waals surface area contributed by atoms with Gasteiger partial charge in [-0.05, 0) is 24.1 Å². The molecule has 0 unspecified atom stereocenters. The van der Waals surface area contributed by atoms with Crippen molar-refractivity contribution in [1.82, 2.24) is 4.98 Å². The lowest BCUT2D eigenvalue weighted by Gasteiger charge is -1.98. The number of benzene rings is 1. The average molecular weight is 229 g/mol. The molecule has 0 aliphatic heterocycles. The van der Waals surface area contributed by atoms with Crippen molar-refractivity contribution >= 4 is 17.3 Å². The number of hydrogen-bond donors (Lipinski definition) is 1. The minimum absolute atomic E-state index is 0.424. The molecule has 0 atom stereocenters. The van der Waals surface area contributed by atoms with Gasteiger partial charge in [0.05, 0.1) is 10.7 Å². The van der Waals surface area contributed by atoms with E-state index in [2.05, 4.69) is 16.8 Å². The van der Waals surface area contributed by atoms with Crippen LogP contribution in [0.15, 0.2) is 42.6 Å². The molecule has 0 saturated carbocycles. The predicted molar refractivity (Wildman–Crippen MR) is 66.1 cm³/mol. The maximum absolute atomic E-state index is 5.86. The van der Waals surface area contributed by atoms with Crippen molar-refractivity contribution in [3.05, 3.63) is 58.9 Å². The molecule has 78 valence electrons. The summed E-state index contributed by atoms with van der Waals surface area (Å²) in [7, 11) is 0. The van der Waals surface area contributed by atoms with Gasteiger partial charge in [-0.15, -0.1) is 0 Å². The highest BCUT2D eigenvalue weighted by molar-refractivity contribution is 6.33. The van der Waals surface area contributed by atoms with Gasteiger partial charge < -0.3 is 5.73 Å². The zero-order valence-corrected chi connectivity index (χ0v) is 9.20. The molecule has 3 heteroatoms. The Labute approximate surface area is 99.1 Å². The summed E-state index contributed by atoms with van der Waals surface area (Å²) in [5.74, 6) is 5.88. The van der Waals surface area contributed by atoms with Gasteiger partial charge in [0, 0.05) is 11.8 Å². The summed E-state index contributed by atoms with van der Waals surface area (Å²) in [6.07, 6.45) is 1.59. The van der Waals surface area contributed by atoms with Crippen LogP contribution in [-0.2, 0) is 0 Å². The molecule has 0 saturated heterocycles. The Morgan fingerprint density at radius 2 is 1.81 bits per heavy atom. The number of aromatic nitrogens is 1. The largest absolute Gasteiger partial charge is 0.395 e. The van der Waals surface area contributed by atoms with Gasteiger partial charge in [0.2, 0.25) is 0 Å². The first-order valence-electron chi connectivity index (χ1n) is 4.74. The first-order valence-corrected chi connectivity index (χ1v) is 5.12. The molecular weight excluding hydrogens is 220 g/mol. The summed E-state index contributed by atoms with van der Waals surface area (Å²) in [6.45, 7) is 0. The van der Waals surface area contributed by atoms with Crippen LogP contribution >= 0.6 is 11.6 Å². The van der Waals surface area contributed by atoms with Crippen LogP contribution in [0.1, 0.15) is 11.3 Å². The Hall–Kier alpha value is -1.98. The summed E-state index contributed by atoms with van der Waals surface area (Å²) >= 11 is 5.86. The van der Waals surface area contributed by atoms with E-state index in [1.807, 2.05) is 30.3 Å².